The highest BCUT2D eigenvalue weighted by Gasteiger charge is 2.38. The summed E-state index contributed by atoms with van der Waals surface area (Å²) in [6, 6.07) is 17.7. The lowest BCUT2D eigenvalue weighted by Crippen LogP contribution is -2.48. The molecular formula is C22H30N2O3S. The molecule has 0 aliphatic carbocycles. The Bertz CT molecular complexity index is 886. The van der Waals surface area contributed by atoms with Gasteiger partial charge in [-0.05, 0) is 54.1 Å². The van der Waals surface area contributed by atoms with E-state index in [2.05, 4.69) is 29.5 Å². The first-order chi connectivity index (χ1) is 13.3. The van der Waals surface area contributed by atoms with E-state index in [1.54, 1.807) is 6.07 Å². The Hall–Kier alpha value is -2.05. The zero-order valence-corrected chi connectivity index (χ0v) is 17.7. The molecule has 2 aromatic rings. The van der Waals surface area contributed by atoms with E-state index in [0.29, 0.717) is 18.2 Å². The van der Waals surface area contributed by atoms with Crippen LogP contribution in [0.2, 0.25) is 0 Å². The van der Waals surface area contributed by atoms with E-state index in [9.17, 15) is 8.42 Å². The van der Waals surface area contributed by atoms with Gasteiger partial charge in [0.25, 0.3) is 0 Å². The molecule has 0 saturated carbocycles. The number of hydrogen-bond acceptors (Lipinski definition) is 4. The second kappa shape index (κ2) is 8.53. The van der Waals surface area contributed by atoms with E-state index in [0.717, 1.165) is 31.8 Å². The zero-order valence-electron chi connectivity index (χ0n) is 16.9. The van der Waals surface area contributed by atoms with Crippen molar-refractivity contribution in [3.63, 3.8) is 0 Å². The number of benzene rings is 2. The number of piperidine rings is 1. The van der Waals surface area contributed by atoms with E-state index in [1.807, 2.05) is 42.5 Å². The number of hydrogen-bond donors (Lipinski definition) is 1. The number of nitrogens with one attached hydrogen (secondary N) is 1. The van der Waals surface area contributed by atoms with Crippen LogP contribution in [0.1, 0.15) is 25.8 Å². The quantitative estimate of drug-likeness (QED) is 0.767. The molecule has 1 saturated heterocycles. The minimum atomic E-state index is -3.27. The summed E-state index contributed by atoms with van der Waals surface area (Å²) in [6.07, 6.45) is 2.21. The van der Waals surface area contributed by atoms with Gasteiger partial charge in [-0.25, -0.2) is 8.42 Å². The summed E-state index contributed by atoms with van der Waals surface area (Å²) in [4.78, 5) is 2.45. The van der Waals surface area contributed by atoms with Crippen LogP contribution in [0.25, 0.3) is 0 Å². The van der Waals surface area contributed by atoms with E-state index in [-0.39, 0.29) is 5.41 Å². The maximum atomic E-state index is 11.5. The lowest BCUT2D eigenvalue weighted by atomic mass is 9.68. The highest BCUT2D eigenvalue weighted by atomic mass is 32.2. The van der Waals surface area contributed by atoms with Crippen molar-refractivity contribution in [3.05, 3.63) is 60.2 Å². The van der Waals surface area contributed by atoms with Crippen LogP contribution in [-0.2, 0) is 15.4 Å². The second-order valence-electron chi connectivity index (χ2n) is 7.99. The van der Waals surface area contributed by atoms with Gasteiger partial charge in [-0.2, -0.15) is 0 Å². The molecule has 1 aliphatic rings. The van der Waals surface area contributed by atoms with Crippen molar-refractivity contribution in [3.8, 4) is 5.75 Å². The Labute approximate surface area is 168 Å². The number of likely N-dealkylation sites (tertiary alicyclic amines) is 1. The Balaban J connectivity index is 1.60. The van der Waals surface area contributed by atoms with Crippen LogP contribution in [0, 0.1) is 5.92 Å². The zero-order chi connectivity index (χ0) is 20.2. The monoisotopic (exact) mass is 402 g/mol. The standard InChI is InChI=1S/C22H30N2O3S/c1-18-17-24(14-15-27-21-10-5-4-6-11-21)13-12-22(18,2)19-8-7-9-20(16-19)23-28(3,25)26/h4-11,16,18,23H,12-15,17H2,1-3H3/t18-,22-/m0/s1. The number of sulfonamides is 1. The fourth-order valence-electron chi connectivity index (χ4n) is 3.91. The molecular weight excluding hydrogens is 372 g/mol. The van der Waals surface area contributed by atoms with Gasteiger partial charge in [-0.3, -0.25) is 9.62 Å². The van der Waals surface area contributed by atoms with Gasteiger partial charge >= 0.3 is 0 Å². The lowest BCUT2D eigenvalue weighted by molar-refractivity contribution is 0.0970. The molecule has 0 unspecified atom stereocenters. The van der Waals surface area contributed by atoms with Crippen molar-refractivity contribution in [2.75, 3.05) is 37.2 Å². The second-order valence-corrected chi connectivity index (χ2v) is 9.73. The van der Waals surface area contributed by atoms with Crippen molar-refractivity contribution >= 4 is 15.7 Å². The predicted octanol–water partition coefficient (Wildman–Crippen LogP) is 3.74. The first-order valence-electron chi connectivity index (χ1n) is 9.75. The van der Waals surface area contributed by atoms with Gasteiger partial charge in [0.05, 0.1) is 6.26 Å². The number of para-hydroxylation sites is 1. The van der Waals surface area contributed by atoms with Crippen molar-refractivity contribution in [2.45, 2.75) is 25.7 Å². The minimum absolute atomic E-state index is 0.0198. The molecule has 6 heteroatoms. The summed E-state index contributed by atoms with van der Waals surface area (Å²) in [5.41, 5.74) is 1.84. The number of nitrogens with zero attached hydrogens (tertiary/aromatic N) is 1. The maximum Gasteiger partial charge on any atom is 0.229 e. The first-order valence-corrected chi connectivity index (χ1v) is 11.6. The third kappa shape index (κ3) is 5.26. The fraction of sp³-hybridized carbons (Fsp3) is 0.455. The molecule has 2 aromatic carbocycles. The summed E-state index contributed by atoms with van der Waals surface area (Å²) < 4.78 is 31.5. The molecule has 1 heterocycles. The summed E-state index contributed by atoms with van der Waals surface area (Å²) in [5, 5.41) is 0. The highest BCUT2D eigenvalue weighted by molar-refractivity contribution is 7.92. The number of rotatable bonds is 7. The molecule has 0 amide bonds. The van der Waals surface area contributed by atoms with E-state index in [4.69, 9.17) is 4.74 Å². The lowest BCUT2D eigenvalue weighted by Gasteiger charge is -2.45. The Kier molecular flexibility index (Phi) is 6.30. The van der Waals surface area contributed by atoms with E-state index in [1.165, 1.54) is 11.8 Å². The molecule has 1 fully saturated rings. The van der Waals surface area contributed by atoms with Gasteiger partial charge < -0.3 is 4.74 Å². The molecule has 2 atom stereocenters. The highest BCUT2D eigenvalue weighted by Crippen LogP contribution is 2.40. The van der Waals surface area contributed by atoms with Gasteiger partial charge in [0.15, 0.2) is 0 Å². The van der Waals surface area contributed by atoms with Gasteiger partial charge in [0, 0.05) is 18.8 Å². The van der Waals surface area contributed by atoms with Crippen LogP contribution < -0.4 is 9.46 Å². The number of anilines is 1. The summed E-state index contributed by atoms with van der Waals surface area (Å²) in [5.74, 6) is 1.36. The van der Waals surface area contributed by atoms with Crippen molar-refractivity contribution in [1.29, 1.82) is 0 Å². The van der Waals surface area contributed by atoms with Gasteiger partial charge in [-0.15, -0.1) is 0 Å². The molecule has 28 heavy (non-hydrogen) atoms. The molecule has 0 bridgehead atoms. The van der Waals surface area contributed by atoms with Gasteiger partial charge in [-0.1, -0.05) is 44.2 Å². The van der Waals surface area contributed by atoms with Crippen LogP contribution in [0.3, 0.4) is 0 Å². The molecule has 152 valence electrons. The maximum absolute atomic E-state index is 11.5. The third-order valence-electron chi connectivity index (χ3n) is 5.81. The summed E-state index contributed by atoms with van der Waals surface area (Å²) >= 11 is 0. The Morgan fingerprint density at radius 1 is 1.18 bits per heavy atom. The van der Waals surface area contributed by atoms with Gasteiger partial charge in [0.2, 0.25) is 10.0 Å². The molecule has 0 spiro atoms. The van der Waals surface area contributed by atoms with Crippen LogP contribution in [0.4, 0.5) is 5.69 Å². The molecule has 5 nitrogen and oxygen atoms in total. The van der Waals surface area contributed by atoms with Crippen LogP contribution in [0.5, 0.6) is 5.75 Å². The Morgan fingerprint density at radius 3 is 2.61 bits per heavy atom. The third-order valence-corrected chi connectivity index (χ3v) is 6.42. The Morgan fingerprint density at radius 2 is 1.93 bits per heavy atom. The van der Waals surface area contributed by atoms with Crippen LogP contribution in [-0.4, -0.2) is 45.8 Å². The smallest absolute Gasteiger partial charge is 0.229 e. The molecule has 0 aromatic heterocycles. The van der Waals surface area contributed by atoms with Crippen LogP contribution >= 0.6 is 0 Å². The van der Waals surface area contributed by atoms with Crippen molar-refractivity contribution < 1.29 is 13.2 Å². The van der Waals surface area contributed by atoms with E-state index >= 15 is 0 Å². The molecule has 1 aliphatic heterocycles. The largest absolute Gasteiger partial charge is 0.492 e. The normalized spacial score (nSPS) is 23.3. The van der Waals surface area contributed by atoms with Crippen LogP contribution in [0.15, 0.2) is 54.6 Å². The molecule has 1 N–H and O–H groups in total. The topological polar surface area (TPSA) is 58.6 Å². The average molecular weight is 403 g/mol. The summed E-state index contributed by atoms with van der Waals surface area (Å²) in [6.45, 7) is 8.16. The first kappa shape index (κ1) is 20.7. The minimum Gasteiger partial charge on any atom is -0.492 e. The predicted molar refractivity (Wildman–Crippen MR) is 114 cm³/mol. The van der Waals surface area contributed by atoms with Crippen molar-refractivity contribution in [1.82, 2.24) is 4.90 Å². The molecule has 3 rings (SSSR count). The van der Waals surface area contributed by atoms with E-state index < -0.39 is 10.0 Å². The molecule has 0 radical (unpaired) electrons. The van der Waals surface area contributed by atoms with Crippen molar-refractivity contribution in [2.24, 2.45) is 5.92 Å². The average Bonchev–Trinajstić information content (AvgIpc) is 2.64. The summed E-state index contributed by atoms with van der Waals surface area (Å²) in [7, 11) is -3.27. The SMILES string of the molecule is C[C@H]1CN(CCOc2ccccc2)CC[C@]1(C)c1cccc(NS(C)(=O)=O)c1. The number of ether oxygens (including phenoxy) is 1. The fourth-order valence-corrected chi connectivity index (χ4v) is 4.47. The van der Waals surface area contributed by atoms with Gasteiger partial charge in [0.1, 0.15) is 12.4 Å².